The third-order valence-electron chi connectivity index (χ3n) is 2.83. The summed E-state index contributed by atoms with van der Waals surface area (Å²) in [6.45, 7) is 2.44. The summed E-state index contributed by atoms with van der Waals surface area (Å²) in [4.78, 5) is 2.05. The van der Waals surface area contributed by atoms with E-state index < -0.39 is 9.84 Å². The van der Waals surface area contributed by atoms with Crippen molar-refractivity contribution in [3.8, 4) is 0 Å². The molecule has 0 fully saturated rings. The molecule has 0 saturated carbocycles. The van der Waals surface area contributed by atoms with Gasteiger partial charge in [0.25, 0.3) is 0 Å². The molecular weight excluding hydrogens is 394 g/mol. The molecule has 0 aliphatic carbocycles. The number of sulfone groups is 1. The molecule has 2 N–H and O–H groups in total. The van der Waals surface area contributed by atoms with Crippen LogP contribution >= 0.6 is 38.8 Å². The molecule has 9 heteroatoms. The van der Waals surface area contributed by atoms with E-state index in [0.717, 1.165) is 20.9 Å². The van der Waals surface area contributed by atoms with Crippen LogP contribution in [-0.4, -0.2) is 25.6 Å². The van der Waals surface area contributed by atoms with E-state index in [0.29, 0.717) is 18.0 Å². The van der Waals surface area contributed by atoms with Gasteiger partial charge in [0.05, 0.1) is 9.54 Å². The topological polar surface area (TPSA) is 76.3 Å². The van der Waals surface area contributed by atoms with Gasteiger partial charge in [-0.2, -0.15) is 4.37 Å². The zero-order valence-electron chi connectivity index (χ0n) is 11.7. The molecule has 116 valence electrons. The maximum atomic E-state index is 12.4. The minimum absolute atomic E-state index is 0.0838. The van der Waals surface area contributed by atoms with Crippen molar-refractivity contribution in [3.05, 3.63) is 20.8 Å². The van der Waals surface area contributed by atoms with Crippen LogP contribution in [0.2, 0.25) is 0 Å². The van der Waals surface area contributed by atoms with Crippen molar-refractivity contribution < 1.29 is 8.42 Å². The molecule has 0 saturated heterocycles. The summed E-state index contributed by atoms with van der Waals surface area (Å²) >= 11 is 6.15. The molecule has 2 heterocycles. The van der Waals surface area contributed by atoms with Crippen molar-refractivity contribution in [2.75, 3.05) is 23.4 Å². The summed E-state index contributed by atoms with van der Waals surface area (Å²) in [6, 6.07) is 2.02. The zero-order chi connectivity index (χ0) is 15.6. The molecule has 5 nitrogen and oxygen atoms in total. The molecular formula is C12H16BrN3O2S3. The number of thiophene rings is 1. The number of aromatic nitrogens is 1. The molecule has 0 unspecified atom stereocenters. The highest BCUT2D eigenvalue weighted by atomic mass is 79.9. The molecule has 2 aromatic heterocycles. The van der Waals surface area contributed by atoms with Crippen molar-refractivity contribution in [2.24, 2.45) is 0 Å². The molecule has 0 radical (unpaired) electrons. The normalized spacial score (nSPS) is 11.8. The van der Waals surface area contributed by atoms with Gasteiger partial charge in [-0.05, 0) is 50.9 Å². The van der Waals surface area contributed by atoms with Crippen LogP contribution < -0.4 is 10.6 Å². The number of hydrogen-bond donors (Lipinski definition) is 1. The Hall–Kier alpha value is -0.640. The first-order valence-electron chi connectivity index (χ1n) is 6.27. The van der Waals surface area contributed by atoms with Crippen LogP contribution in [-0.2, 0) is 16.4 Å². The average Bonchev–Trinajstić information content (AvgIpc) is 2.96. The summed E-state index contributed by atoms with van der Waals surface area (Å²) in [7, 11) is -1.54. The molecule has 0 atom stereocenters. The highest BCUT2D eigenvalue weighted by Gasteiger charge is 2.26. The van der Waals surface area contributed by atoms with Crippen LogP contribution in [0, 0.1) is 0 Å². The smallest absolute Gasteiger partial charge is 0.185 e. The molecule has 2 aromatic rings. The number of nitrogens with two attached hydrogens (primary N) is 1. The van der Waals surface area contributed by atoms with Gasteiger partial charge in [-0.15, -0.1) is 11.3 Å². The maximum absolute atomic E-state index is 12.4. The predicted octanol–water partition coefficient (Wildman–Crippen LogP) is 3.37. The van der Waals surface area contributed by atoms with E-state index in [9.17, 15) is 8.42 Å². The van der Waals surface area contributed by atoms with Crippen LogP contribution in [0.1, 0.15) is 18.9 Å². The largest absolute Gasteiger partial charge is 0.382 e. The van der Waals surface area contributed by atoms with Gasteiger partial charge in [0.2, 0.25) is 0 Å². The Morgan fingerprint density at radius 1 is 1.48 bits per heavy atom. The molecule has 0 amide bonds. The van der Waals surface area contributed by atoms with E-state index in [-0.39, 0.29) is 16.5 Å². The van der Waals surface area contributed by atoms with E-state index in [1.165, 1.54) is 0 Å². The lowest BCUT2D eigenvalue weighted by Crippen LogP contribution is -2.18. The maximum Gasteiger partial charge on any atom is 0.185 e. The van der Waals surface area contributed by atoms with Crippen LogP contribution in [0.4, 0.5) is 10.8 Å². The van der Waals surface area contributed by atoms with Gasteiger partial charge >= 0.3 is 0 Å². The Labute approximate surface area is 141 Å². The quantitative estimate of drug-likeness (QED) is 0.790. The number of rotatable bonds is 6. The summed E-state index contributed by atoms with van der Waals surface area (Å²) < 4.78 is 29.8. The second-order valence-corrected chi connectivity index (χ2v) is 9.72. The van der Waals surface area contributed by atoms with Crippen LogP contribution in [0.5, 0.6) is 0 Å². The highest BCUT2D eigenvalue weighted by molar-refractivity contribution is 9.11. The molecule has 21 heavy (non-hydrogen) atoms. The van der Waals surface area contributed by atoms with Gasteiger partial charge < -0.3 is 10.6 Å². The van der Waals surface area contributed by atoms with Gasteiger partial charge in [-0.25, -0.2) is 8.42 Å². The fourth-order valence-corrected chi connectivity index (χ4v) is 5.91. The lowest BCUT2D eigenvalue weighted by Gasteiger charge is -2.18. The fraction of sp³-hybridized carbons (Fsp3) is 0.417. The van der Waals surface area contributed by atoms with Crippen molar-refractivity contribution in [3.63, 3.8) is 0 Å². The van der Waals surface area contributed by atoms with Crippen molar-refractivity contribution in [2.45, 2.75) is 24.8 Å². The van der Waals surface area contributed by atoms with Crippen molar-refractivity contribution in [1.29, 1.82) is 0 Å². The number of hydrogen-bond acceptors (Lipinski definition) is 7. The van der Waals surface area contributed by atoms with E-state index in [2.05, 4.69) is 20.3 Å². The molecule has 0 aliphatic heterocycles. The summed E-state index contributed by atoms with van der Waals surface area (Å²) in [5.74, 6) is 0.183. The fourth-order valence-electron chi connectivity index (χ4n) is 1.97. The number of nitrogen functional groups attached to an aromatic ring is 1. The van der Waals surface area contributed by atoms with E-state index in [4.69, 9.17) is 5.73 Å². The van der Waals surface area contributed by atoms with Gasteiger partial charge in [-0.1, -0.05) is 6.92 Å². The van der Waals surface area contributed by atoms with Crippen LogP contribution in [0.3, 0.4) is 0 Å². The van der Waals surface area contributed by atoms with E-state index in [1.54, 1.807) is 11.3 Å². The van der Waals surface area contributed by atoms with Gasteiger partial charge in [0.1, 0.15) is 9.90 Å². The zero-order valence-corrected chi connectivity index (χ0v) is 15.7. The Bertz CT molecular complexity index is 724. The first-order valence-corrected chi connectivity index (χ1v) is 10.4. The molecule has 2 rings (SSSR count). The lowest BCUT2D eigenvalue weighted by atomic mass is 10.3. The third kappa shape index (κ3) is 3.77. The Balaban J connectivity index is 2.32. The highest BCUT2D eigenvalue weighted by Crippen LogP contribution is 2.36. The second-order valence-electron chi connectivity index (χ2n) is 4.64. The first-order chi connectivity index (χ1) is 9.85. The lowest BCUT2D eigenvalue weighted by molar-refractivity contribution is 0.595. The number of halogens is 1. The molecule has 0 bridgehead atoms. The predicted molar refractivity (Wildman–Crippen MR) is 93.0 cm³/mol. The Kier molecular flexibility index (Phi) is 5.29. The molecule has 0 aliphatic rings. The summed E-state index contributed by atoms with van der Waals surface area (Å²) in [6.07, 6.45) is 0.554. The summed E-state index contributed by atoms with van der Waals surface area (Å²) in [5.41, 5.74) is 6.89. The monoisotopic (exact) mass is 409 g/mol. The third-order valence-corrected chi connectivity index (χ3v) is 7.46. The van der Waals surface area contributed by atoms with Crippen LogP contribution in [0.25, 0.3) is 0 Å². The standard InChI is InChI=1S/C12H16BrN3O2S3/c1-3-4-21(17,18)10-11(14)15-20-12(10)16(2)6-8-5-9(13)19-7-8/h5,7H,3-4,6H2,1-2H3,(H2,14,15). The minimum atomic E-state index is -3.39. The second kappa shape index (κ2) is 6.64. The molecule has 0 aromatic carbocycles. The first kappa shape index (κ1) is 16.7. The number of nitrogens with zero attached hydrogens (tertiary/aromatic N) is 2. The van der Waals surface area contributed by atoms with Crippen molar-refractivity contribution >= 4 is 59.5 Å². The van der Waals surface area contributed by atoms with Gasteiger partial charge in [-0.3, -0.25) is 0 Å². The van der Waals surface area contributed by atoms with Crippen molar-refractivity contribution in [1.82, 2.24) is 4.37 Å². The molecule has 0 spiro atoms. The van der Waals surface area contributed by atoms with Gasteiger partial charge in [0.15, 0.2) is 15.7 Å². The number of anilines is 2. The van der Waals surface area contributed by atoms with Gasteiger partial charge in [0, 0.05) is 13.6 Å². The van der Waals surface area contributed by atoms with E-state index in [1.807, 2.05) is 30.3 Å². The minimum Gasteiger partial charge on any atom is -0.382 e. The van der Waals surface area contributed by atoms with Crippen LogP contribution in [0.15, 0.2) is 20.1 Å². The Morgan fingerprint density at radius 3 is 2.76 bits per heavy atom. The SMILES string of the molecule is CCCS(=O)(=O)c1c(N)nsc1N(C)Cc1csc(Br)c1. The average molecular weight is 410 g/mol. The summed E-state index contributed by atoms with van der Waals surface area (Å²) in [5, 5.41) is 2.63. The van der Waals surface area contributed by atoms with E-state index >= 15 is 0 Å². The Morgan fingerprint density at radius 2 is 2.19 bits per heavy atom.